The molecule has 1 fully saturated rings. The number of aromatic carboxylic acids is 1. The van der Waals surface area contributed by atoms with Gasteiger partial charge in [0.25, 0.3) is 0 Å². The van der Waals surface area contributed by atoms with Gasteiger partial charge in [0.05, 0.1) is 11.1 Å². The molecule has 0 atom stereocenters. The first-order valence-corrected chi connectivity index (χ1v) is 8.32. The molecule has 2 aromatic heterocycles. The fraction of sp³-hybridized carbons (Fsp3) is 0.444. The molecule has 1 saturated carbocycles. The van der Waals surface area contributed by atoms with Crippen molar-refractivity contribution in [1.29, 1.82) is 0 Å². The normalized spacial score (nSPS) is 16.4. The topological polar surface area (TPSA) is 60.1 Å². The van der Waals surface area contributed by atoms with Crippen LogP contribution in [0, 0.1) is 5.92 Å². The predicted octanol–water partition coefficient (Wildman–Crippen LogP) is 3.81. The Balaban J connectivity index is 1.87. The quantitative estimate of drug-likeness (QED) is 0.800. The average Bonchev–Trinajstić information content (AvgIpc) is 3.05. The van der Waals surface area contributed by atoms with Crippen LogP contribution in [0.1, 0.15) is 42.5 Å². The molecular formula is C18H21N3O2. The Morgan fingerprint density at radius 1 is 1.26 bits per heavy atom. The summed E-state index contributed by atoms with van der Waals surface area (Å²) in [7, 11) is 1.91. The molecule has 2 heterocycles. The molecule has 3 aromatic rings. The Bertz CT molecular complexity index is 885. The van der Waals surface area contributed by atoms with E-state index in [0.717, 1.165) is 28.5 Å². The molecule has 0 radical (unpaired) electrons. The van der Waals surface area contributed by atoms with Gasteiger partial charge in [-0.05, 0) is 37.0 Å². The summed E-state index contributed by atoms with van der Waals surface area (Å²) in [6, 6.07) is 5.41. The molecule has 1 aromatic carbocycles. The van der Waals surface area contributed by atoms with Gasteiger partial charge in [-0.1, -0.05) is 19.3 Å². The zero-order chi connectivity index (χ0) is 16.0. The lowest BCUT2D eigenvalue weighted by Gasteiger charge is -2.22. The van der Waals surface area contributed by atoms with E-state index in [1.807, 2.05) is 24.0 Å². The molecule has 5 nitrogen and oxygen atoms in total. The van der Waals surface area contributed by atoms with Crippen molar-refractivity contribution in [3.8, 4) is 0 Å². The van der Waals surface area contributed by atoms with Crippen molar-refractivity contribution in [3.05, 3.63) is 30.0 Å². The summed E-state index contributed by atoms with van der Waals surface area (Å²) in [4.78, 5) is 11.3. The van der Waals surface area contributed by atoms with Crippen molar-refractivity contribution in [2.75, 3.05) is 0 Å². The second-order valence-corrected chi connectivity index (χ2v) is 6.69. The lowest BCUT2D eigenvalue weighted by atomic mass is 9.89. The summed E-state index contributed by atoms with van der Waals surface area (Å²) in [5, 5.41) is 15.9. The van der Waals surface area contributed by atoms with Crippen molar-refractivity contribution in [2.45, 2.75) is 38.6 Å². The van der Waals surface area contributed by atoms with Crippen LogP contribution in [-0.4, -0.2) is 25.4 Å². The predicted molar refractivity (Wildman–Crippen MR) is 89.7 cm³/mol. The van der Waals surface area contributed by atoms with Gasteiger partial charge in [-0.3, -0.25) is 4.68 Å². The van der Waals surface area contributed by atoms with Crippen LogP contribution in [0.3, 0.4) is 0 Å². The zero-order valence-electron chi connectivity index (χ0n) is 13.3. The number of carboxylic acid groups (broad SMARTS) is 1. The molecule has 0 unspecified atom stereocenters. The molecule has 23 heavy (non-hydrogen) atoms. The summed E-state index contributed by atoms with van der Waals surface area (Å²) in [5.41, 5.74) is 2.40. The molecule has 0 aliphatic heterocycles. The van der Waals surface area contributed by atoms with E-state index in [1.165, 1.54) is 32.1 Å². The van der Waals surface area contributed by atoms with Gasteiger partial charge in [-0.2, -0.15) is 5.10 Å². The van der Waals surface area contributed by atoms with E-state index < -0.39 is 5.97 Å². The number of aromatic nitrogens is 3. The summed E-state index contributed by atoms with van der Waals surface area (Å²) >= 11 is 0. The minimum Gasteiger partial charge on any atom is -0.478 e. The fourth-order valence-electron chi connectivity index (χ4n) is 3.91. The maximum atomic E-state index is 11.3. The van der Waals surface area contributed by atoms with E-state index in [9.17, 15) is 9.90 Å². The second-order valence-electron chi connectivity index (χ2n) is 6.69. The smallest absolute Gasteiger partial charge is 0.335 e. The van der Waals surface area contributed by atoms with Crippen LogP contribution in [0.2, 0.25) is 0 Å². The fourth-order valence-corrected chi connectivity index (χ4v) is 3.91. The molecule has 5 heteroatoms. The second kappa shape index (κ2) is 5.41. The Hall–Kier alpha value is -2.30. The van der Waals surface area contributed by atoms with Gasteiger partial charge in [0.1, 0.15) is 0 Å². The van der Waals surface area contributed by atoms with Crippen LogP contribution in [-0.2, 0) is 13.6 Å². The SMILES string of the molecule is Cn1cc2c3cc(C(=O)O)ccc3n(CC3CCCCC3)c2n1. The minimum absolute atomic E-state index is 0.332. The number of benzene rings is 1. The molecule has 120 valence electrons. The molecule has 4 rings (SSSR count). The van der Waals surface area contributed by atoms with Crippen LogP contribution < -0.4 is 0 Å². The van der Waals surface area contributed by atoms with E-state index in [4.69, 9.17) is 0 Å². The van der Waals surface area contributed by atoms with Gasteiger partial charge in [0.2, 0.25) is 0 Å². The van der Waals surface area contributed by atoms with Gasteiger partial charge in [0, 0.05) is 30.6 Å². The number of nitrogens with zero attached hydrogens (tertiary/aromatic N) is 3. The Morgan fingerprint density at radius 2 is 2.04 bits per heavy atom. The van der Waals surface area contributed by atoms with Crippen LogP contribution in [0.4, 0.5) is 0 Å². The highest BCUT2D eigenvalue weighted by atomic mass is 16.4. The minimum atomic E-state index is -0.885. The molecule has 0 saturated heterocycles. The first-order valence-electron chi connectivity index (χ1n) is 8.32. The van der Waals surface area contributed by atoms with E-state index in [1.54, 1.807) is 12.1 Å². The Morgan fingerprint density at radius 3 is 2.78 bits per heavy atom. The molecule has 0 bridgehead atoms. The first kappa shape index (κ1) is 14.3. The lowest BCUT2D eigenvalue weighted by molar-refractivity contribution is 0.0697. The number of carboxylic acids is 1. The van der Waals surface area contributed by atoms with Crippen molar-refractivity contribution in [1.82, 2.24) is 14.3 Å². The van der Waals surface area contributed by atoms with Gasteiger partial charge >= 0.3 is 5.97 Å². The number of fused-ring (bicyclic) bond motifs is 3. The van der Waals surface area contributed by atoms with Crippen molar-refractivity contribution in [2.24, 2.45) is 13.0 Å². The highest BCUT2D eigenvalue weighted by Crippen LogP contribution is 2.32. The van der Waals surface area contributed by atoms with Crippen molar-refractivity contribution >= 4 is 27.9 Å². The van der Waals surface area contributed by atoms with E-state index in [0.29, 0.717) is 11.5 Å². The maximum Gasteiger partial charge on any atom is 0.335 e. The number of aryl methyl sites for hydroxylation is 1. The summed E-state index contributed by atoms with van der Waals surface area (Å²) < 4.78 is 4.10. The van der Waals surface area contributed by atoms with Gasteiger partial charge in [-0.25, -0.2) is 4.79 Å². The Labute approximate surface area is 134 Å². The largest absolute Gasteiger partial charge is 0.478 e. The monoisotopic (exact) mass is 311 g/mol. The molecule has 0 spiro atoms. The van der Waals surface area contributed by atoms with Crippen LogP contribution in [0.5, 0.6) is 0 Å². The average molecular weight is 311 g/mol. The van der Waals surface area contributed by atoms with Crippen molar-refractivity contribution in [3.63, 3.8) is 0 Å². The summed E-state index contributed by atoms with van der Waals surface area (Å²) in [5.74, 6) is -0.187. The van der Waals surface area contributed by atoms with Crippen LogP contribution >= 0.6 is 0 Å². The van der Waals surface area contributed by atoms with E-state index in [2.05, 4.69) is 9.67 Å². The van der Waals surface area contributed by atoms with Gasteiger partial charge in [0.15, 0.2) is 5.65 Å². The van der Waals surface area contributed by atoms with Gasteiger partial charge in [-0.15, -0.1) is 0 Å². The molecule has 1 aliphatic carbocycles. The zero-order valence-corrected chi connectivity index (χ0v) is 13.3. The maximum absolute atomic E-state index is 11.3. The van der Waals surface area contributed by atoms with Gasteiger partial charge < -0.3 is 9.67 Å². The lowest BCUT2D eigenvalue weighted by Crippen LogP contribution is -2.14. The third-order valence-electron chi connectivity index (χ3n) is 5.05. The number of hydrogen-bond acceptors (Lipinski definition) is 2. The number of carbonyl (C=O) groups is 1. The highest BCUT2D eigenvalue weighted by molar-refractivity contribution is 6.08. The van der Waals surface area contributed by atoms with Crippen LogP contribution in [0.15, 0.2) is 24.4 Å². The third-order valence-corrected chi connectivity index (χ3v) is 5.05. The number of rotatable bonds is 3. The molecule has 1 N–H and O–H groups in total. The van der Waals surface area contributed by atoms with E-state index >= 15 is 0 Å². The summed E-state index contributed by atoms with van der Waals surface area (Å²) in [6.07, 6.45) is 8.53. The Kier molecular flexibility index (Phi) is 3.36. The standard InChI is InChI=1S/C18H21N3O2/c1-20-11-15-14-9-13(18(22)23)7-8-16(14)21(17(15)19-20)10-12-5-3-2-4-6-12/h7-9,11-12H,2-6,10H2,1H3,(H,22,23). The van der Waals surface area contributed by atoms with E-state index in [-0.39, 0.29) is 0 Å². The van der Waals surface area contributed by atoms with Crippen LogP contribution in [0.25, 0.3) is 21.9 Å². The third kappa shape index (κ3) is 2.40. The molecule has 0 amide bonds. The first-order chi connectivity index (χ1) is 11.1. The molecule has 1 aliphatic rings. The number of hydrogen-bond donors (Lipinski definition) is 1. The highest BCUT2D eigenvalue weighted by Gasteiger charge is 2.20. The van der Waals surface area contributed by atoms with Crippen molar-refractivity contribution < 1.29 is 9.90 Å². The summed E-state index contributed by atoms with van der Waals surface area (Å²) in [6.45, 7) is 0.976. The molecular weight excluding hydrogens is 290 g/mol.